The Balaban J connectivity index is 1.38. The third kappa shape index (κ3) is 8.12. The molecule has 2 aromatic carbocycles. The largest absolute Gasteiger partial charge is 0.494 e. The van der Waals surface area contributed by atoms with Crippen molar-refractivity contribution in [3.05, 3.63) is 75.7 Å². The first-order valence-corrected chi connectivity index (χ1v) is 12.0. The average molecular weight is 481 g/mol. The smallest absolute Gasteiger partial charge is 0.306 e. The van der Waals surface area contributed by atoms with Crippen LogP contribution in [-0.2, 0) is 27.4 Å². The second-order valence-electron chi connectivity index (χ2n) is 7.78. The van der Waals surface area contributed by atoms with Crippen LogP contribution in [0.25, 0.3) is 0 Å². The van der Waals surface area contributed by atoms with Gasteiger partial charge in [0, 0.05) is 23.1 Å². The Morgan fingerprint density at radius 3 is 2.44 bits per heavy atom. The predicted octanol–water partition coefficient (Wildman–Crippen LogP) is 5.13. The summed E-state index contributed by atoms with van der Waals surface area (Å²) in [5.74, 6) is -0.0456. The van der Waals surface area contributed by atoms with Crippen LogP contribution in [0.4, 0.5) is 5.69 Å². The zero-order valence-corrected chi connectivity index (χ0v) is 20.2. The van der Waals surface area contributed by atoms with E-state index < -0.39 is 5.97 Å². The first-order chi connectivity index (χ1) is 16.4. The monoisotopic (exact) mass is 480 g/mol. The van der Waals surface area contributed by atoms with Gasteiger partial charge in [0.05, 0.1) is 25.1 Å². The fraction of sp³-hybridized carbons (Fsp3) is 0.308. The zero-order valence-electron chi connectivity index (χ0n) is 19.3. The highest BCUT2D eigenvalue weighted by Gasteiger charge is 2.13. The van der Waals surface area contributed by atoms with Crippen LogP contribution in [0.2, 0.25) is 0 Å². The average Bonchev–Trinajstić information content (AvgIpc) is 3.28. The fourth-order valence-corrected chi connectivity index (χ4v) is 3.80. The van der Waals surface area contributed by atoms with E-state index in [1.54, 1.807) is 29.6 Å². The molecule has 0 saturated carbocycles. The molecule has 0 saturated heterocycles. The third-order valence-electron chi connectivity index (χ3n) is 4.83. The van der Waals surface area contributed by atoms with Crippen molar-refractivity contribution in [2.45, 2.75) is 46.1 Å². The Hall–Kier alpha value is -3.52. The summed E-state index contributed by atoms with van der Waals surface area (Å²) in [6, 6.07) is 14.5. The number of hydrogen-bond donors (Lipinski definition) is 1. The molecule has 0 bridgehead atoms. The first kappa shape index (κ1) is 25.1. The number of thiazole rings is 1. The van der Waals surface area contributed by atoms with E-state index in [1.165, 1.54) is 11.3 Å². The van der Waals surface area contributed by atoms with Crippen molar-refractivity contribution in [1.82, 2.24) is 4.98 Å². The summed E-state index contributed by atoms with van der Waals surface area (Å²) in [7, 11) is 0. The van der Waals surface area contributed by atoms with Crippen LogP contribution in [0.3, 0.4) is 0 Å². The number of ether oxygens (including phenoxy) is 2. The van der Waals surface area contributed by atoms with Crippen molar-refractivity contribution in [2.24, 2.45) is 0 Å². The molecule has 8 heteroatoms. The minimum absolute atomic E-state index is 0.00652. The molecule has 3 aromatic rings. The summed E-state index contributed by atoms with van der Waals surface area (Å²) in [4.78, 5) is 40.9. The van der Waals surface area contributed by atoms with Crippen molar-refractivity contribution in [1.29, 1.82) is 0 Å². The summed E-state index contributed by atoms with van der Waals surface area (Å²) in [5.41, 5.74) is 2.96. The molecular weight excluding hydrogens is 452 g/mol. The van der Waals surface area contributed by atoms with Crippen molar-refractivity contribution < 1.29 is 23.9 Å². The number of ketones is 1. The molecule has 0 spiro atoms. The van der Waals surface area contributed by atoms with E-state index >= 15 is 0 Å². The number of esters is 1. The number of hydrogen-bond acceptors (Lipinski definition) is 7. The van der Waals surface area contributed by atoms with E-state index in [2.05, 4.69) is 10.3 Å². The van der Waals surface area contributed by atoms with Crippen molar-refractivity contribution in [3.8, 4) is 5.75 Å². The summed E-state index contributed by atoms with van der Waals surface area (Å²) in [6.45, 7) is 4.64. The lowest BCUT2D eigenvalue weighted by Crippen LogP contribution is -2.14. The molecule has 7 nitrogen and oxygen atoms in total. The molecule has 0 fully saturated rings. The van der Waals surface area contributed by atoms with Gasteiger partial charge in [0.1, 0.15) is 17.4 Å². The Morgan fingerprint density at radius 1 is 1.00 bits per heavy atom. The molecular formula is C26H28N2O5S. The van der Waals surface area contributed by atoms with Crippen LogP contribution in [0.5, 0.6) is 5.75 Å². The quantitative estimate of drug-likeness (QED) is 0.285. The molecule has 0 unspecified atom stereocenters. The number of benzene rings is 2. The lowest BCUT2D eigenvalue weighted by Gasteiger charge is -2.06. The zero-order chi connectivity index (χ0) is 24.3. The molecule has 34 heavy (non-hydrogen) atoms. The number of nitrogens with zero attached hydrogens (tertiary/aromatic N) is 1. The third-order valence-corrected chi connectivity index (χ3v) is 5.73. The number of rotatable bonds is 12. The topological polar surface area (TPSA) is 94.6 Å². The summed E-state index contributed by atoms with van der Waals surface area (Å²) < 4.78 is 10.7. The van der Waals surface area contributed by atoms with Gasteiger partial charge in [-0.05, 0) is 49.7 Å². The molecule has 178 valence electrons. The normalized spacial score (nSPS) is 10.5. The number of nitrogens with one attached hydrogen (secondary N) is 1. The highest BCUT2D eigenvalue weighted by molar-refractivity contribution is 7.09. The second-order valence-corrected chi connectivity index (χ2v) is 8.72. The van der Waals surface area contributed by atoms with Gasteiger partial charge < -0.3 is 14.8 Å². The number of Topliss-reactive ketones (excluding diaryl/α,β-unsaturated/α-hetero) is 1. The Labute approximate surface area is 203 Å². The molecule has 1 aromatic heterocycles. The number of aryl methyl sites for hydroxylation is 1. The molecule has 0 aliphatic rings. The highest BCUT2D eigenvalue weighted by Crippen LogP contribution is 2.16. The molecule has 0 radical (unpaired) electrons. The Kier molecular flexibility index (Phi) is 9.34. The van der Waals surface area contributed by atoms with Gasteiger partial charge in [-0.15, -0.1) is 11.3 Å². The van der Waals surface area contributed by atoms with E-state index in [-0.39, 0.29) is 37.6 Å². The lowest BCUT2D eigenvalue weighted by molar-refractivity contribution is -0.145. The van der Waals surface area contributed by atoms with E-state index in [1.807, 2.05) is 38.1 Å². The fourth-order valence-electron chi connectivity index (χ4n) is 3.02. The van der Waals surface area contributed by atoms with Crippen molar-refractivity contribution in [2.75, 3.05) is 11.9 Å². The second kappa shape index (κ2) is 12.6. The predicted molar refractivity (Wildman–Crippen MR) is 131 cm³/mol. The number of amides is 1. The maximum Gasteiger partial charge on any atom is 0.306 e. The van der Waals surface area contributed by atoms with Gasteiger partial charge in [0.15, 0.2) is 5.78 Å². The Morgan fingerprint density at radius 2 is 1.74 bits per heavy atom. The van der Waals surface area contributed by atoms with Crippen LogP contribution in [0.1, 0.15) is 52.8 Å². The van der Waals surface area contributed by atoms with Gasteiger partial charge in [-0.1, -0.05) is 24.6 Å². The number of carbonyl (C=O) groups excluding carboxylic acids is 3. The lowest BCUT2D eigenvalue weighted by atomic mass is 10.1. The van der Waals surface area contributed by atoms with Gasteiger partial charge in [-0.2, -0.15) is 0 Å². The minimum Gasteiger partial charge on any atom is -0.494 e. The molecule has 0 aliphatic heterocycles. The van der Waals surface area contributed by atoms with Crippen molar-refractivity contribution in [3.63, 3.8) is 0 Å². The van der Waals surface area contributed by atoms with E-state index in [4.69, 9.17) is 9.47 Å². The molecule has 3 rings (SSSR count). The highest BCUT2D eigenvalue weighted by atomic mass is 32.1. The van der Waals surface area contributed by atoms with Crippen molar-refractivity contribution >= 4 is 34.7 Å². The van der Waals surface area contributed by atoms with Gasteiger partial charge in [0.2, 0.25) is 5.91 Å². The van der Waals surface area contributed by atoms with Crippen LogP contribution in [0, 0.1) is 6.92 Å². The maximum absolute atomic E-state index is 12.3. The van der Waals surface area contributed by atoms with Gasteiger partial charge >= 0.3 is 5.97 Å². The van der Waals surface area contributed by atoms with Gasteiger partial charge in [0.25, 0.3) is 0 Å². The first-order valence-electron chi connectivity index (χ1n) is 11.1. The van der Waals surface area contributed by atoms with Crippen LogP contribution in [0.15, 0.2) is 53.9 Å². The molecule has 1 amide bonds. The van der Waals surface area contributed by atoms with Crippen LogP contribution in [-0.4, -0.2) is 29.3 Å². The standard InChI is InChI=1S/C26H28N2O5S/c1-3-14-32-22-10-6-19(7-11-22)23(29)12-13-26(31)33-16-21-17-34-25(28-21)15-24(30)27-20-8-4-18(2)5-9-20/h4-11,17H,3,12-16H2,1-2H3,(H,27,30). The summed E-state index contributed by atoms with van der Waals surface area (Å²) in [5, 5.41) is 5.23. The minimum atomic E-state index is -0.470. The molecule has 0 atom stereocenters. The molecule has 1 heterocycles. The van der Waals surface area contributed by atoms with Crippen LogP contribution >= 0.6 is 11.3 Å². The van der Waals surface area contributed by atoms with Gasteiger partial charge in [-0.3, -0.25) is 14.4 Å². The maximum atomic E-state index is 12.3. The Bertz CT molecular complexity index is 1110. The van der Waals surface area contributed by atoms with Crippen LogP contribution < -0.4 is 10.1 Å². The van der Waals surface area contributed by atoms with E-state index in [9.17, 15) is 14.4 Å². The number of aromatic nitrogens is 1. The molecule has 1 N–H and O–H groups in total. The van der Waals surface area contributed by atoms with E-state index in [0.717, 1.165) is 17.7 Å². The summed E-state index contributed by atoms with van der Waals surface area (Å²) in [6.07, 6.45) is 1.11. The molecule has 0 aliphatic carbocycles. The number of carbonyl (C=O) groups is 3. The summed E-state index contributed by atoms with van der Waals surface area (Å²) >= 11 is 1.34. The number of anilines is 1. The SMILES string of the molecule is CCCOc1ccc(C(=O)CCC(=O)OCc2csc(CC(=O)Nc3ccc(C)cc3)n2)cc1. The van der Waals surface area contributed by atoms with E-state index in [0.29, 0.717) is 28.6 Å². The van der Waals surface area contributed by atoms with Gasteiger partial charge in [-0.25, -0.2) is 4.98 Å².